The Hall–Kier alpha value is -1.32. The summed E-state index contributed by atoms with van der Waals surface area (Å²) in [5.74, 6) is 6.65. The van der Waals surface area contributed by atoms with Gasteiger partial charge in [-0.25, -0.2) is 5.43 Å². The molecular formula is C18H28N2O. The molecule has 21 heavy (non-hydrogen) atoms. The smallest absolute Gasteiger partial charge is 0.134 e. The summed E-state index contributed by atoms with van der Waals surface area (Å²) < 4.78 is 5.89. The van der Waals surface area contributed by atoms with Crippen LogP contribution in [0.5, 0.6) is 0 Å². The summed E-state index contributed by atoms with van der Waals surface area (Å²) in [7, 11) is 0. The predicted molar refractivity (Wildman–Crippen MR) is 88.9 cm³/mol. The lowest BCUT2D eigenvalue weighted by Crippen LogP contribution is -2.27. The van der Waals surface area contributed by atoms with Gasteiger partial charge in [0.1, 0.15) is 11.3 Å². The second kappa shape index (κ2) is 8.85. The maximum absolute atomic E-state index is 5.89. The topological polar surface area (TPSA) is 51.2 Å². The van der Waals surface area contributed by atoms with Crippen molar-refractivity contribution in [2.45, 2.75) is 64.3 Å². The Labute approximate surface area is 127 Å². The molecule has 3 heteroatoms. The molecule has 1 heterocycles. The van der Waals surface area contributed by atoms with E-state index >= 15 is 0 Å². The Morgan fingerprint density at radius 2 is 1.76 bits per heavy atom. The van der Waals surface area contributed by atoms with E-state index in [-0.39, 0.29) is 6.04 Å². The fourth-order valence-corrected chi connectivity index (χ4v) is 2.79. The molecule has 2 rings (SSSR count). The van der Waals surface area contributed by atoms with Gasteiger partial charge in [0.25, 0.3) is 0 Å². The number of furan rings is 1. The first-order valence-corrected chi connectivity index (χ1v) is 8.29. The van der Waals surface area contributed by atoms with Gasteiger partial charge in [0.2, 0.25) is 0 Å². The molecule has 0 aliphatic carbocycles. The van der Waals surface area contributed by atoms with E-state index in [4.69, 9.17) is 10.3 Å². The van der Waals surface area contributed by atoms with E-state index in [9.17, 15) is 0 Å². The van der Waals surface area contributed by atoms with Crippen molar-refractivity contribution < 1.29 is 4.42 Å². The highest BCUT2D eigenvalue weighted by molar-refractivity contribution is 5.77. The molecule has 3 N–H and O–H groups in total. The highest BCUT2D eigenvalue weighted by atomic mass is 16.3. The minimum Gasteiger partial charge on any atom is -0.459 e. The number of hydrazine groups is 1. The van der Waals surface area contributed by atoms with Crippen LogP contribution in [-0.4, -0.2) is 0 Å². The Bertz CT molecular complexity index is 488. The molecule has 2 aromatic rings. The number of para-hydroxylation sites is 1. The lowest BCUT2D eigenvalue weighted by atomic mass is 10.0. The van der Waals surface area contributed by atoms with Crippen molar-refractivity contribution in [1.29, 1.82) is 0 Å². The van der Waals surface area contributed by atoms with Crippen LogP contribution in [0.3, 0.4) is 0 Å². The van der Waals surface area contributed by atoms with Gasteiger partial charge in [0.15, 0.2) is 0 Å². The van der Waals surface area contributed by atoms with Crippen molar-refractivity contribution in [2.75, 3.05) is 0 Å². The molecule has 0 amide bonds. The van der Waals surface area contributed by atoms with Gasteiger partial charge in [-0.05, 0) is 18.6 Å². The van der Waals surface area contributed by atoms with E-state index < -0.39 is 0 Å². The number of fused-ring (bicyclic) bond motifs is 1. The lowest BCUT2D eigenvalue weighted by molar-refractivity contribution is 0.401. The third kappa shape index (κ3) is 4.87. The van der Waals surface area contributed by atoms with Gasteiger partial charge in [0, 0.05) is 5.39 Å². The van der Waals surface area contributed by atoms with Gasteiger partial charge in [-0.3, -0.25) is 5.84 Å². The van der Waals surface area contributed by atoms with Gasteiger partial charge < -0.3 is 4.42 Å². The van der Waals surface area contributed by atoms with E-state index in [1.54, 1.807) is 0 Å². The van der Waals surface area contributed by atoms with Crippen LogP contribution in [0.25, 0.3) is 11.0 Å². The summed E-state index contributed by atoms with van der Waals surface area (Å²) >= 11 is 0. The molecule has 0 spiro atoms. The largest absolute Gasteiger partial charge is 0.459 e. The summed E-state index contributed by atoms with van der Waals surface area (Å²) in [4.78, 5) is 0. The van der Waals surface area contributed by atoms with Crippen molar-refractivity contribution in [3.05, 3.63) is 36.1 Å². The van der Waals surface area contributed by atoms with Crippen molar-refractivity contribution in [3.8, 4) is 0 Å². The second-order valence-electron chi connectivity index (χ2n) is 5.82. The Morgan fingerprint density at radius 3 is 2.48 bits per heavy atom. The normalized spacial score (nSPS) is 12.9. The minimum atomic E-state index is 0.119. The van der Waals surface area contributed by atoms with Crippen LogP contribution >= 0.6 is 0 Å². The highest BCUT2D eigenvalue weighted by Crippen LogP contribution is 2.26. The molecular weight excluding hydrogens is 260 g/mol. The van der Waals surface area contributed by atoms with Crippen LogP contribution in [0.15, 0.2) is 34.7 Å². The van der Waals surface area contributed by atoms with E-state index in [1.165, 1.54) is 44.9 Å². The van der Waals surface area contributed by atoms with Gasteiger partial charge >= 0.3 is 0 Å². The number of benzene rings is 1. The molecule has 1 unspecified atom stereocenters. The third-order valence-electron chi connectivity index (χ3n) is 4.09. The van der Waals surface area contributed by atoms with Crippen molar-refractivity contribution in [1.82, 2.24) is 5.43 Å². The zero-order chi connectivity index (χ0) is 14.9. The molecule has 0 saturated carbocycles. The number of nitrogens with one attached hydrogen (secondary N) is 1. The van der Waals surface area contributed by atoms with Gasteiger partial charge in [-0.15, -0.1) is 0 Å². The summed E-state index contributed by atoms with van der Waals surface area (Å²) in [5, 5.41) is 1.15. The molecule has 0 aliphatic heterocycles. The number of unbranched alkanes of at least 4 members (excludes halogenated alkanes) is 6. The van der Waals surface area contributed by atoms with Crippen LogP contribution < -0.4 is 11.3 Å². The maximum atomic E-state index is 5.89. The summed E-state index contributed by atoms with van der Waals surface area (Å²) in [6.45, 7) is 2.25. The van der Waals surface area contributed by atoms with E-state index in [2.05, 4.69) is 24.5 Å². The van der Waals surface area contributed by atoms with E-state index in [1.807, 2.05) is 18.2 Å². The van der Waals surface area contributed by atoms with Gasteiger partial charge in [0.05, 0.1) is 6.04 Å². The van der Waals surface area contributed by atoms with Crippen molar-refractivity contribution in [2.24, 2.45) is 5.84 Å². The number of hydrogen-bond donors (Lipinski definition) is 2. The van der Waals surface area contributed by atoms with E-state index in [0.29, 0.717) is 0 Å². The molecule has 0 aliphatic rings. The molecule has 0 saturated heterocycles. The molecule has 0 radical (unpaired) electrons. The number of nitrogens with two attached hydrogens (primary N) is 1. The fourth-order valence-electron chi connectivity index (χ4n) is 2.79. The van der Waals surface area contributed by atoms with Crippen LogP contribution in [0.4, 0.5) is 0 Å². The lowest BCUT2D eigenvalue weighted by Gasteiger charge is -2.12. The Kier molecular flexibility index (Phi) is 6.77. The van der Waals surface area contributed by atoms with Gasteiger partial charge in [-0.2, -0.15) is 0 Å². The van der Waals surface area contributed by atoms with E-state index in [0.717, 1.165) is 23.2 Å². The quantitative estimate of drug-likeness (QED) is 0.364. The molecule has 1 atom stereocenters. The molecule has 0 bridgehead atoms. The first-order valence-electron chi connectivity index (χ1n) is 8.29. The first-order chi connectivity index (χ1) is 10.3. The van der Waals surface area contributed by atoms with Crippen LogP contribution in [-0.2, 0) is 0 Å². The van der Waals surface area contributed by atoms with Crippen LogP contribution in [0, 0.1) is 0 Å². The van der Waals surface area contributed by atoms with Crippen molar-refractivity contribution in [3.63, 3.8) is 0 Å². The molecule has 116 valence electrons. The average molecular weight is 288 g/mol. The maximum Gasteiger partial charge on any atom is 0.134 e. The van der Waals surface area contributed by atoms with Crippen LogP contribution in [0.1, 0.15) is 70.1 Å². The zero-order valence-corrected chi connectivity index (χ0v) is 13.1. The fraction of sp³-hybridized carbons (Fsp3) is 0.556. The molecule has 1 aromatic heterocycles. The average Bonchev–Trinajstić information content (AvgIpc) is 2.94. The summed E-state index contributed by atoms with van der Waals surface area (Å²) in [5.41, 5.74) is 3.83. The van der Waals surface area contributed by atoms with Crippen LogP contribution in [0.2, 0.25) is 0 Å². The number of hydrogen-bond acceptors (Lipinski definition) is 3. The summed E-state index contributed by atoms with van der Waals surface area (Å²) in [6.07, 6.45) is 10.2. The standard InChI is InChI=1S/C18H28N2O/c1-2-3-4-5-6-7-8-12-16(20-19)18-14-15-11-9-10-13-17(15)21-18/h9-11,13-14,16,20H,2-8,12,19H2,1H3. The van der Waals surface area contributed by atoms with Gasteiger partial charge in [-0.1, -0.05) is 70.1 Å². The predicted octanol–water partition coefficient (Wildman–Crippen LogP) is 5.08. The Morgan fingerprint density at radius 1 is 1.05 bits per heavy atom. The summed E-state index contributed by atoms with van der Waals surface area (Å²) in [6, 6.07) is 10.3. The highest BCUT2D eigenvalue weighted by Gasteiger charge is 2.14. The van der Waals surface area contributed by atoms with Crippen molar-refractivity contribution >= 4 is 11.0 Å². The number of rotatable bonds is 10. The monoisotopic (exact) mass is 288 g/mol. The molecule has 0 fully saturated rings. The Balaban J connectivity index is 1.77. The molecule has 3 nitrogen and oxygen atoms in total. The third-order valence-corrected chi connectivity index (χ3v) is 4.09. The second-order valence-corrected chi connectivity index (χ2v) is 5.82. The minimum absolute atomic E-state index is 0.119. The zero-order valence-electron chi connectivity index (χ0n) is 13.1. The molecule has 1 aromatic carbocycles. The first kappa shape index (κ1) is 16.1. The SMILES string of the molecule is CCCCCCCCCC(NN)c1cc2ccccc2o1.